The molecule has 0 atom stereocenters. The molecule has 0 bridgehead atoms. The summed E-state index contributed by atoms with van der Waals surface area (Å²) in [5.41, 5.74) is 0.955. The molecule has 0 unspecified atom stereocenters. The standard InChI is InChI=1S/C20H16N2O2S3/c23-27(24,20-12-11-19(26-20)25-18-10-3-4-13-21-18)22-14-16-8-5-7-15-6-1-2-9-17(15)16/h1-13,22H,14H2. The van der Waals surface area contributed by atoms with E-state index in [1.54, 1.807) is 12.3 Å². The average molecular weight is 413 g/mol. The fourth-order valence-electron chi connectivity index (χ4n) is 2.70. The zero-order valence-corrected chi connectivity index (χ0v) is 16.7. The van der Waals surface area contributed by atoms with Gasteiger partial charge in [0.05, 0.1) is 4.21 Å². The van der Waals surface area contributed by atoms with Crippen molar-refractivity contribution in [1.82, 2.24) is 9.71 Å². The molecule has 0 fully saturated rings. The summed E-state index contributed by atoms with van der Waals surface area (Å²) in [6, 6.07) is 23.0. The van der Waals surface area contributed by atoms with Gasteiger partial charge in [0.2, 0.25) is 10.0 Å². The molecule has 0 aliphatic heterocycles. The molecule has 7 heteroatoms. The number of sulfonamides is 1. The molecule has 27 heavy (non-hydrogen) atoms. The molecule has 0 aliphatic carbocycles. The molecule has 0 aliphatic rings. The molecule has 4 rings (SSSR count). The van der Waals surface area contributed by atoms with Gasteiger partial charge in [0.1, 0.15) is 9.24 Å². The van der Waals surface area contributed by atoms with Gasteiger partial charge in [0.25, 0.3) is 0 Å². The number of nitrogens with one attached hydrogen (secondary N) is 1. The molecule has 2 aromatic carbocycles. The smallest absolute Gasteiger partial charge is 0.250 e. The molecule has 0 spiro atoms. The quantitative estimate of drug-likeness (QED) is 0.488. The van der Waals surface area contributed by atoms with Crippen LogP contribution in [0.25, 0.3) is 10.8 Å². The van der Waals surface area contributed by atoms with Crippen molar-refractivity contribution in [2.45, 2.75) is 20.0 Å². The van der Waals surface area contributed by atoms with Crippen LogP contribution >= 0.6 is 23.1 Å². The Labute approximate surface area is 166 Å². The number of hydrogen-bond donors (Lipinski definition) is 1. The summed E-state index contributed by atoms with van der Waals surface area (Å²) < 4.78 is 29.3. The van der Waals surface area contributed by atoms with E-state index in [2.05, 4.69) is 9.71 Å². The van der Waals surface area contributed by atoms with E-state index in [0.29, 0.717) is 4.21 Å². The lowest BCUT2D eigenvalue weighted by molar-refractivity contribution is 0.583. The molecular formula is C20H16N2O2S3. The predicted octanol–water partition coefficient (Wildman–Crippen LogP) is 4.93. The van der Waals surface area contributed by atoms with Crippen LogP contribution in [0.15, 0.2) is 92.4 Å². The van der Waals surface area contributed by atoms with Gasteiger partial charge in [-0.05, 0) is 40.6 Å². The Balaban J connectivity index is 1.50. The van der Waals surface area contributed by atoms with E-state index < -0.39 is 10.0 Å². The van der Waals surface area contributed by atoms with Crippen LogP contribution in [0.4, 0.5) is 0 Å². The molecular weight excluding hydrogens is 396 g/mol. The summed E-state index contributed by atoms with van der Waals surface area (Å²) in [5, 5.41) is 2.99. The third-order valence-corrected chi connectivity index (χ3v) is 8.06. The van der Waals surface area contributed by atoms with Gasteiger partial charge in [0, 0.05) is 12.7 Å². The summed E-state index contributed by atoms with van der Waals surface area (Å²) in [4.78, 5) is 4.25. The zero-order valence-electron chi connectivity index (χ0n) is 14.2. The first kappa shape index (κ1) is 18.2. The highest BCUT2D eigenvalue weighted by Crippen LogP contribution is 2.34. The Morgan fingerprint density at radius 3 is 2.59 bits per heavy atom. The second-order valence-electron chi connectivity index (χ2n) is 5.81. The molecule has 2 aromatic heterocycles. The van der Waals surface area contributed by atoms with Crippen molar-refractivity contribution in [2.24, 2.45) is 0 Å². The predicted molar refractivity (Wildman–Crippen MR) is 111 cm³/mol. The van der Waals surface area contributed by atoms with Gasteiger partial charge >= 0.3 is 0 Å². The van der Waals surface area contributed by atoms with Gasteiger partial charge in [-0.25, -0.2) is 18.1 Å². The van der Waals surface area contributed by atoms with Crippen molar-refractivity contribution in [2.75, 3.05) is 0 Å². The van der Waals surface area contributed by atoms with E-state index in [-0.39, 0.29) is 6.54 Å². The van der Waals surface area contributed by atoms with E-state index in [1.807, 2.05) is 66.7 Å². The van der Waals surface area contributed by atoms with Crippen molar-refractivity contribution in [1.29, 1.82) is 0 Å². The Bertz CT molecular complexity index is 1170. The maximum absolute atomic E-state index is 12.7. The molecule has 136 valence electrons. The second-order valence-corrected chi connectivity index (χ2v) is 10.2. The second kappa shape index (κ2) is 7.82. The summed E-state index contributed by atoms with van der Waals surface area (Å²) in [6.07, 6.45) is 1.72. The third kappa shape index (κ3) is 4.22. The number of benzene rings is 2. The maximum atomic E-state index is 12.7. The largest absolute Gasteiger partial charge is 0.250 e. The number of aromatic nitrogens is 1. The van der Waals surface area contributed by atoms with Crippen LogP contribution in [0.3, 0.4) is 0 Å². The highest BCUT2D eigenvalue weighted by molar-refractivity contribution is 8.01. The topological polar surface area (TPSA) is 59.1 Å². The lowest BCUT2D eigenvalue weighted by Crippen LogP contribution is -2.22. The zero-order chi connectivity index (χ0) is 18.7. The van der Waals surface area contributed by atoms with Crippen molar-refractivity contribution < 1.29 is 8.42 Å². The minimum atomic E-state index is -3.56. The fourth-order valence-corrected chi connectivity index (χ4v) is 6.25. The minimum absolute atomic E-state index is 0.254. The lowest BCUT2D eigenvalue weighted by atomic mass is 10.1. The monoisotopic (exact) mass is 412 g/mol. The van der Waals surface area contributed by atoms with Gasteiger partial charge in [-0.3, -0.25) is 0 Å². The summed E-state index contributed by atoms with van der Waals surface area (Å²) in [5.74, 6) is 0. The Hall–Kier alpha value is -2.19. The molecule has 0 radical (unpaired) electrons. The number of pyridine rings is 1. The Kier molecular flexibility index (Phi) is 5.27. The highest BCUT2D eigenvalue weighted by atomic mass is 32.3. The van der Waals surface area contributed by atoms with Crippen molar-refractivity contribution in [3.63, 3.8) is 0 Å². The third-order valence-electron chi connectivity index (χ3n) is 4.00. The van der Waals surface area contributed by atoms with Crippen molar-refractivity contribution in [3.05, 3.63) is 84.6 Å². The summed E-state index contributed by atoms with van der Waals surface area (Å²) in [6.45, 7) is 0.254. The maximum Gasteiger partial charge on any atom is 0.250 e. The number of fused-ring (bicyclic) bond motifs is 1. The van der Waals surface area contributed by atoms with Crippen LogP contribution in [0.5, 0.6) is 0 Å². The summed E-state index contributed by atoms with van der Waals surface area (Å²) in [7, 11) is -3.56. The van der Waals surface area contributed by atoms with Crippen molar-refractivity contribution in [3.8, 4) is 0 Å². The number of hydrogen-bond acceptors (Lipinski definition) is 5. The Morgan fingerprint density at radius 2 is 1.74 bits per heavy atom. The van der Waals surface area contributed by atoms with Crippen molar-refractivity contribution >= 4 is 43.9 Å². The SMILES string of the molecule is O=S(=O)(NCc1cccc2ccccc12)c1ccc(Sc2ccccn2)s1. The van der Waals surface area contributed by atoms with E-state index in [9.17, 15) is 8.42 Å². The highest BCUT2D eigenvalue weighted by Gasteiger charge is 2.17. The van der Waals surface area contributed by atoms with Gasteiger partial charge in [0.15, 0.2) is 0 Å². The fraction of sp³-hybridized carbons (Fsp3) is 0.0500. The van der Waals surface area contributed by atoms with E-state index in [4.69, 9.17) is 0 Å². The van der Waals surface area contributed by atoms with Crippen LogP contribution < -0.4 is 4.72 Å². The molecule has 0 saturated heterocycles. The normalized spacial score (nSPS) is 11.7. The van der Waals surface area contributed by atoms with Crippen LogP contribution in [0.1, 0.15) is 5.56 Å². The van der Waals surface area contributed by atoms with E-state index in [1.165, 1.54) is 23.1 Å². The minimum Gasteiger partial charge on any atom is -0.250 e. The first-order valence-corrected chi connectivity index (χ1v) is 11.4. The lowest BCUT2D eigenvalue weighted by Gasteiger charge is -2.08. The molecule has 1 N–H and O–H groups in total. The number of rotatable bonds is 6. The first-order valence-electron chi connectivity index (χ1n) is 8.27. The number of nitrogens with zero attached hydrogens (tertiary/aromatic N) is 1. The summed E-state index contributed by atoms with van der Waals surface area (Å²) >= 11 is 2.70. The Morgan fingerprint density at radius 1 is 0.926 bits per heavy atom. The average Bonchev–Trinajstić information content (AvgIpc) is 3.17. The molecule has 0 amide bonds. The van der Waals surface area contributed by atoms with Gasteiger partial charge in [-0.1, -0.05) is 60.3 Å². The molecule has 4 aromatic rings. The molecule has 4 nitrogen and oxygen atoms in total. The van der Waals surface area contributed by atoms with Crippen LogP contribution in [0, 0.1) is 0 Å². The van der Waals surface area contributed by atoms with E-state index in [0.717, 1.165) is 25.6 Å². The van der Waals surface area contributed by atoms with E-state index >= 15 is 0 Å². The van der Waals surface area contributed by atoms with Crippen LogP contribution in [-0.4, -0.2) is 13.4 Å². The molecule has 0 saturated carbocycles. The number of thiophene rings is 1. The van der Waals surface area contributed by atoms with Crippen LogP contribution in [-0.2, 0) is 16.6 Å². The van der Waals surface area contributed by atoms with Gasteiger partial charge in [-0.15, -0.1) is 11.3 Å². The van der Waals surface area contributed by atoms with Gasteiger partial charge < -0.3 is 0 Å². The first-order chi connectivity index (χ1) is 13.1. The van der Waals surface area contributed by atoms with Gasteiger partial charge in [-0.2, -0.15) is 0 Å². The van der Waals surface area contributed by atoms with Crippen LogP contribution in [0.2, 0.25) is 0 Å². The molecule has 2 heterocycles.